The third-order valence-corrected chi connectivity index (χ3v) is 13.6. The molecule has 71 heavy (non-hydrogen) atoms. The molecular weight excluding hydrogens is 867 g/mol. The maximum Gasteiger partial charge on any atom is 0.173 e. The maximum atomic E-state index is 5.58. The summed E-state index contributed by atoms with van der Waals surface area (Å²) < 4.78 is 6.59. The number of hydrogen-bond donors (Lipinski definition) is 2. The van der Waals surface area contributed by atoms with Gasteiger partial charge < -0.3 is 9.97 Å². The second-order valence-corrected chi connectivity index (χ2v) is 18.3. The van der Waals surface area contributed by atoms with Crippen molar-refractivity contribution in [3.63, 3.8) is 0 Å². The van der Waals surface area contributed by atoms with Gasteiger partial charge in [-0.05, 0) is 82.8 Å². The van der Waals surface area contributed by atoms with E-state index in [9.17, 15) is 0 Å². The van der Waals surface area contributed by atoms with E-state index in [1.807, 2.05) is 18.2 Å². The summed E-state index contributed by atoms with van der Waals surface area (Å²) in [6.45, 7) is 4.54. The summed E-state index contributed by atoms with van der Waals surface area (Å²) in [7, 11) is 0. The molecule has 0 saturated carbocycles. The molecule has 0 radical (unpaired) electrons. The molecule has 8 heterocycles. The van der Waals surface area contributed by atoms with Crippen LogP contribution in [0.15, 0.2) is 213 Å². The van der Waals surface area contributed by atoms with E-state index in [2.05, 4.69) is 250 Å². The van der Waals surface area contributed by atoms with Crippen LogP contribution in [0.3, 0.4) is 0 Å². The quantitative estimate of drug-likeness (QED) is 0.127. The molecule has 2 aliphatic rings. The van der Waals surface area contributed by atoms with Gasteiger partial charge in [-0.15, -0.1) is 0 Å². The van der Waals surface area contributed by atoms with Crippen LogP contribution in [0.1, 0.15) is 52.0 Å². The largest absolute Gasteiger partial charge is 0.354 e. The summed E-state index contributed by atoms with van der Waals surface area (Å²) in [5.41, 5.74) is 20.8. The topological polar surface area (TPSA) is 69.0 Å². The van der Waals surface area contributed by atoms with Crippen molar-refractivity contribution >= 4 is 46.4 Å². The fourth-order valence-electron chi connectivity index (χ4n) is 9.91. The Labute approximate surface area is 413 Å². The van der Waals surface area contributed by atoms with Gasteiger partial charge in [0.1, 0.15) is 0 Å². The van der Waals surface area contributed by atoms with Gasteiger partial charge in [0.2, 0.25) is 0 Å². The summed E-state index contributed by atoms with van der Waals surface area (Å²) in [5, 5.41) is 0. The normalized spacial score (nSPS) is 11.8. The standard InChI is InChI=1S/C64H52N7/c1-2-45-12-20-49(21-13-45)61-53-28-30-55(65-53)62(50-22-14-46(15-23-50)42-69-36-6-3-7-37-69)57-32-34-59(67-57)64(52-26-18-48(19-27-52)44-71-40-10-5-11-41-71)60-35-33-58(68-60)63(56-31-29-54(61)66-56)51-24-16-47(17-25-51)43-70-38-8-4-9-39-70/h3-41,65,68H,2,42-44H2,1H3/q+3. The Morgan fingerprint density at radius 1 is 0.310 bits per heavy atom. The summed E-state index contributed by atoms with van der Waals surface area (Å²) in [6, 6.07) is 63.1. The zero-order valence-corrected chi connectivity index (χ0v) is 39.6. The first-order valence-electron chi connectivity index (χ1n) is 24.4. The highest BCUT2D eigenvalue weighted by atomic mass is 14.9. The zero-order chi connectivity index (χ0) is 47.5. The first-order valence-corrected chi connectivity index (χ1v) is 24.4. The zero-order valence-electron chi connectivity index (χ0n) is 39.6. The molecule has 4 aromatic carbocycles. The third-order valence-electron chi connectivity index (χ3n) is 13.6. The molecule has 8 bridgehead atoms. The fourth-order valence-corrected chi connectivity index (χ4v) is 9.91. The van der Waals surface area contributed by atoms with Crippen LogP contribution in [-0.4, -0.2) is 19.9 Å². The number of hydrogen-bond acceptors (Lipinski definition) is 2. The van der Waals surface area contributed by atoms with Gasteiger partial charge in [0.15, 0.2) is 56.8 Å². The van der Waals surface area contributed by atoms with Crippen LogP contribution in [0.4, 0.5) is 0 Å². The molecule has 0 spiro atoms. The van der Waals surface area contributed by atoms with Crippen molar-refractivity contribution in [2.24, 2.45) is 0 Å². The molecule has 2 N–H and O–H groups in total. The van der Waals surface area contributed by atoms with E-state index in [1.165, 1.54) is 22.3 Å². The van der Waals surface area contributed by atoms with Crippen molar-refractivity contribution in [3.8, 4) is 44.5 Å². The first-order chi connectivity index (χ1) is 35.1. The minimum absolute atomic E-state index is 0.778. The lowest BCUT2D eigenvalue weighted by molar-refractivity contribution is -0.688. The van der Waals surface area contributed by atoms with Gasteiger partial charge in [-0.1, -0.05) is 122 Å². The molecule has 0 aliphatic carbocycles. The second kappa shape index (κ2) is 19.1. The van der Waals surface area contributed by atoms with E-state index in [4.69, 9.17) is 9.97 Å². The molecule has 0 amide bonds. The van der Waals surface area contributed by atoms with Gasteiger partial charge in [0.05, 0.1) is 22.8 Å². The Morgan fingerprint density at radius 2 is 0.563 bits per heavy atom. The number of nitrogens with zero attached hydrogens (tertiary/aromatic N) is 5. The second-order valence-electron chi connectivity index (χ2n) is 18.3. The van der Waals surface area contributed by atoms with Gasteiger partial charge in [-0.25, -0.2) is 23.7 Å². The minimum Gasteiger partial charge on any atom is -0.354 e. The Balaban J connectivity index is 1.11. The van der Waals surface area contributed by atoms with E-state index in [0.717, 1.165) is 115 Å². The number of rotatable bonds is 11. The predicted molar refractivity (Wildman–Crippen MR) is 287 cm³/mol. The monoisotopic (exact) mass is 918 g/mol. The van der Waals surface area contributed by atoms with E-state index < -0.39 is 0 Å². The Kier molecular flexibility index (Phi) is 11.7. The van der Waals surface area contributed by atoms with Crippen molar-refractivity contribution in [3.05, 3.63) is 258 Å². The first kappa shape index (κ1) is 43.2. The molecule has 340 valence electrons. The van der Waals surface area contributed by atoms with Crippen LogP contribution < -0.4 is 13.7 Å². The summed E-state index contributed by atoms with van der Waals surface area (Å²) in [6.07, 6.45) is 22.3. The molecule has 12 rings (SSSR count). The van der Waals surface area contributed by atoms with Crippen molar-refractivity contribution in [1.82, 2.24) is 19.9 Å². The highest BCUT2D eigenvalue weighted by Gasteiger charge is 2.20. The Bertz CT molecular complexity index is 3680. The van der Waals surface area contributed by atoms with Crippen molar-refractivity contribution in [2.75, 3.05) is 0 Å². The van der Waals surface area contributed by atoms with Crippen LogP contribution >= 0.6 is 0 Å². The van der Waals surface area contributed by atoms with Gasteiger partial charge in [0.25, 0.3) is 0 Å². The predicted octanol–water partition coefficient (Wildman–Crippen LogP) is 12.9. The van der Waals surface area contributed by atoms with Crippen LogP contribution in [0, 0.1) is 0 Å². The molecule has 0 saturated heterocycles. The highest BCUT2D eigenvalue weighted by Crippen LogP contribution is 2.39. The van der Waals surface area contributed by atoms with E-state index in [-0.39, 0.29) is 0 Å². The van der Waals surface area contributed by atoms with Crippen LogP contribution in [0.2, 0.25) is 0 Å². The SMILES string of the molecule is CCc1ccc(-c2c3nc(c(-c4ccc(C[n+]5ccccc5)cc4)c4ccc([nH]4)c(-c4ccc(C[n+]5ccccc5)cc4)c4nc(c(-c5ccc(C[n+]6ccccc6)cc5)c5ccc2[nH]5)C=C4)C=C3)cc1. The lowest BCUT2D eigenvalue weighted by Gasteiger charge is -2.08. The van der Waals surface area contributed by atoms with Gasteiger partial charge >= 0.3 is 0 Å². The number of H-pyrrole nitrogens is 2. The van der Waals surface area contributed by atoms with Crippen molar-refractivity contribution < 1.29 is 13.7 Å². The summed E-state index contributed by atoms with van der Waals surface area (Å²) >= 11 is 0. The van der Waals surface area contributed by atoms with E-state index >= 15 is 0 Å². The lowest BCUT2D eigenvalue weighted by atomic mass is 10.0. The molecule has 10 aromatic rings. The smallest absolute Gasteiger partial charge is 0.173 e. The van der Waals surface area contributed by atoms with Gasteiger partial charge in [-0.3, -0.25) is 0 Å². The number of fused-ring (bicyclic) bond motifs is 8. The van der Waals surface area contributed by atoms with E-state index in [0.29, 0.717) is 0 Å². The molecule has 0 fully saturated rings. The number of aromatic nitrogens is 7. The third kappa shape index (κ3) is 9.05. The van der Waals surface area contributed by atoms with Gasteiger partial charge in [0, 0.05) is 97.4 Å². The highest BCUT2D eigenvalue weighted by molar-refractivity contribution is 5.99. The minimum atomic E-state index is 0.778. The van der Waals surface area contributed by atoms with Crippen molar-refractivity contribution in [1.29, 1.82) is 0 Å². The molecule has 6 aromatic heterocycles. The van der Waals surface area contributed by atoms with Crippen LogP contribution in [0.25, 0.3) is 90.9 Å². The van der Waals surface area contributed by atoms with Crippen molar-refractivity contribution in [2.45, 2.75) is 33.0 Å². The summed E-state index contributed by atoms with van der Waals surface area (Å²) in [4.78, 5) is 19.0. The number of nitrogens with one attached hydrogen (secondary N) is 2. The number of aryl methyl sites for hydroxylation is 1. The lowest BCUT2D eigenvalue weighted by Crippen LogP contribution is -2.32. The number of pyridine rings is 3. The Hall–Kier alpha value is -9.07. The van der Waals surface area contributed by atoms with Gasteiger partial charge in [-0.2, -0.15) is 0 Å². The molecule has 7 heteroatoms. The summed E-state index contributed by atoms with van der Waals surface area (Å²) in [5.74, 6) is 0. The Morgan fingerprint density at radius 3 is 0.817 bits per heavy atom. The molecule has 0 atom stereocenters. The maximum absolute atomic E-state index is 5.58. The average molecular weight is 919 g/mol. The molecule has 0 unspecified atom stereocenters. The van der Waals surface area contributed by atoms with Crippen LogP contribution in [0.5, 0.6) is 0 Å². The van der Waals surface area contributed by atoms with Crippen LogP contribution in [-0.2, 0) is 26.1 Å². The number of aromatic amines is 2. The fraction of sp³-hybridized carbons (Fsp3) is 0.0781. The number of benzene rings is 4. The molecular formula is C64H52N7+3. The van der Waals surface area contributed by atoms with E-state index in [1.54, 1.807) is 0 Å². The molecule has 2 aliphatic heterocycles. The average Bonchev–Trinajstić information content (AvgIpc) is 4.28. The molecule has 7 nitrogen and oxygen atoms in total.